The molecule has 1 heterocycles. The second-order valence-corrected chi connectivity index (χ2v) is 6.53. The van der Waals surface area contributed by atoms with Crippen LogP contribution in [0.2, 0.25) is 0 Å². The molecule has 1 aromatic rings. The van der Waals surface area contributed by atoms with Crippen molar-refractivity contribution in [2.45, 2.75) is 26.0 Å². The molecule has 1 aromatic carbocycles. The zero-order valence-electron chi connectivity index (χ0n) is 15.0. The first-order valence-electron chi connectivity index (χ1n) is 8.41. The predicted octanol–water partition coefficient (Wildman–Crippen LogP) is 2.64. The van der Waals surface area contributed by atoms with Gasteiger partial charge in [-0.3, -0.25) is 9.69 Å². The molecule has 6 nitrogen and oxygen atoms in total. The van der Waals surface area contributed by atoms with Crippen molar-refractivity contribution in [3.8, 4) is 0 Å². The quantitative estimate of drug-likeness (QED) is 0.616. The van der Waals surface area contributed by atoms with Crippen LogP contribution in [0.15, 0.2) is 53.6 Å². The Balaban J connectivity index is 1.88. The van der Waals surface area contributed by atoms with E-state index in [1.807, 2.05) is 30.3 Å². The van der Waals surface area contributed by atoms with Gasteiger partial charge in [-0.25, -0.2) is 9.59 Å². The summed E-state index contributed by atoms with van der Waals surface area (Å²) >= 11 is 0. The summed E-state index contributed by atoms with van der Waals surface area (Å²) in [6.07, 6.45) is 2.59. The topological polar surface area (TPSA) is 72.9 Å². The van der Waals surface area contributed by atoms with Crippen molar-refractivity contribution in [3.05, 3.63) is 59.2 Å². The van der Waals surface area contributed by atoms with Crippen molar-refractivity contribution in [1.82, 2.24) is 4.90 Å². The van der Waals surface area contributed by atoms with Crippen LogP contribution in [-0.2, 0) is 25.7 Å². The minimum Gasteiger partial charge on any atom is -0.467 e. The number of likely N-dealkylation sites (tertiary alicyclic amines) is 1. The van der Waals surface area contributed by atoms with E-state index in [0.29, 0.717) is 5.57 Å². The first-order chi connectivity index (χ1) is 12.4. The number of amides is 1. The summed E-state index contributed by atoms with van der Waals surface area (Å²) in [7, 11) is 1.27. The van der Waals surface area contributed by atoms with Gasteiger partial charge in [-0.15, -0.1) is 0 Å². The van der Waals surface area contributed by atoms with Gasteiger partial charge in [0.25, 0.3) is 0 Å². The first kappa shape index (κ1) is 17.9. The lowest BCUT2D eigenvalue weighted by atomic mass is 9.81. The Kier molecular flexibility index (Phi) is 4.68. The molecule has 1 aliphatic heterocycles. The number of hydrogen-bond donors (Lipinski definition) is 0. The Morgan fingerprint density at radius 2 is 2.00 bits per heavy atom. The Labute approximate surface area is 152 Å². The highest BCUT2D eigenvalue weighted by Gasteiger charge is 2.60. The number of nitrogens with zero attached hydrogens (tertiary/aromatic N) is 1. The van der Waals surface area contributed by atoms with E-state index in [1.54, 1.807) is 19.9 Å². The van der Waals surface area contributed by atoms with Crippen LogP contribution >= 0.6 is 0 Å². The fraction of sp³-hybridized carbons (Fsp3) is 0.350. The predicted molar refractivity (Wildman–Crippen MR) is 94.1 cm³/mol. The molecule has 1 fully saturated rings. The highest BCUT2D eigenvalue weighted by Crippen LogP contribution is 2.47. The van der Waals surface area contributed by atoms with Gasteiger partial charge in [-0.05, 0) is 31.1 Å². The van der Waals surface area contributed by atoms with Gasteiger partial charge in [0.2, 0.25) is 0 Å². The maximum atomic E-state index is 12.7. The number of fused-ring (bicyclic) bond motifs is 1. The molecule has 1 amide bonds. The molecule has 3 rings (SSSR count). The number of methoxy groups -OCH3 is 1. The van der Waals surface area contributed by atoms with Crippen molar-refractivity contribution in [2.75, 3.05) is 13.7 Å². The van der Waals surface area contributed by atoms with Crippen LogP contribution in [0.25, 0.3) is 0 Å². The molecule has 1 aliphatic carbocycles. The first-order valence-corrected chi connectivity index (χ1v) is 8.41. The molecule has 6 heteroatoms. The van der Waals surface area contributed by atoms with Crippen LogP contribution in [0.3, 0.4) is 0 Å². The molecule has 0 bridgehead atoms. The fourth-order valence-electron chi connectivity index (χ4n) is 3.78. The van der Waals surface area contributed by atoms with Gasteiger partial charge in [0.15, 0.2) is 11.3 Å². The molecular formula is C20H21NO5. The van der Waals surface area contributed by atoms with E-state index in [2.05, 4.69) is 0 Å². The molecule has 2 atom stereocenters. The number of ketones is 1. The molecule has 0 spiro atoms. The van der Waals surface area contributed by atoms with Crippen LogP contribution in [0.4, 0.5) is 4.79 Å². The van der Waals surface area contributed by atoms with Crippen LogP contribution in [0, 0.1) is 5.92 Å². The van der Waals surface area contributed by atoms with E-state index in [1.165, 1.54) is 18.1 Å². The number of rotatable bonds is 3. The number of allylic oxidation sites excluding steroid dienone is 2. The number of benzene rings is 1. The molecule has 0 N–H and O–H groups in total. The molecule has 2 unspecified atom stereocenters. The average Bonchev–Trinajstić information content (AvgIpc) is 3.13. The number of ether oxygens (including phenoxy) is 2. The Morgan fingerprint density at radius 3 is 2.62 bits per heavy atom. The van der Waals surface area contributed by atoms with Gasteiger partial charge < -0.3 is 9.47 Å². The van der Waals surface area contributed by atoms with Crippen LogP contribution in [-0.4, -0.2) is 41.9 Å². The van der Waals surface area contributed by atoms with Crippen molar-refractivity contribution in [3.63, 3.8) is 0 Å². The largest absolute Gasteiger partial charge is 0.467 e. The number of carbonyl (C=O) groups excluding carboxylic acids is 3. The SMILES string of the molecule is C/C=C1\C(=O)C=C2CN(C(=O)OCc3ccccc3)C(C)(C(=O)OC)C21. The van der Waals surface area contributed by atoms with Crippen molar-refractivity contribution in [1.29, 1.82) is 0 Å². The van der Waals surface area contributed by atoms with Gasteiger partial charge in [0.05, 0.1) is 7.11 Å². The standard InChI is InChI=1S/C20H21NO5/c1-4-15-16(22)10-14-11-21(20(2,17(14)15)18(23)25-3)19(24)26-12-13-8-6-5-7-9-13/h4-10,17H,11-12H2,1-3H3/b15-4+. The summed E-state index contributed by atoms with van der Waals surface area (Å²) in [6, 6.07) is 9.30. The third-order valence-electron chi connectivity index (χ3n) is 5.08. The third-order valence-corrected chi connectivity index (χ3v) is 5.08. The molecule has 26 heavy (non-hydrogen) atoms. The Hall–Kier alpha value is -2.89. The minimum absolute atomic E-state index is 0.104. The maximum Gasteiger partial charge on any atom is 0.411 e. The fourth-order valence-corrected chi connectivity index (χ4v) is 3.78. The summed E-state index contributed by atoms with van der Waals surface area (Å²) in [5.74, 6) is -1.20. The molecule has 0 saturated carbocycles. The van der Waals surface area contributed by atoms with Crippen molar-refractivity contribution < 1.29 is 23.9 Å². The zero-order valence-corrected chi connectivity index (χ0v) is 15.0. The lowest BCUT2D eigenvalue weighted by Gasteiger charge is -2.35. The van der Waals surface area contributed by atoms with Crippen LogP contribution < -0.4 is 0 Å². The number of carbonyl (C=O) groups is 3. The Bertz CT molecular complexity index is 811. The maximum absolute atomic E-state index is 12.7. The smallest absolute Gasteiger partial charge is 0.411 e. The molecule has 1 saturated heterocycles. The van der Waals surface area contributed by atoms with Gasteiger partial charge in [-0.2, -0.15) is 0 Å². The van der Waals surface area contributed by atoms with E-state index >= 15 is 0 Å². The molecule has 0 radical (unpaired) electrons. The monoisotopic (exact) mass is 355 g/mol. The van der Waals surface area contributed by atoms with Crippen molar-refractivity contribution >= 4 is 17.8 Å². The minimum atomic E-state index is -1.32. The van der Waals surface area contributed by atoms with Gasteiger partial charge in [0.1, 0.15) is 6.61 Å². The van der Waals surface area contributed by atoms with E-state index < -0.39 is 23.5 Å². The molecule has 2 aliphatic rings. The van der Waals surface area contributed by atoms with E-state index in [-0.39, 0.29) is 18.9 Å². The summed E-state index contributed by atoms with van der Waals surface area (Å²) in [5, 5.41) is 0. The van der Waals surface area contributed by atoms with E-state index in [9.17, 15) is 14.4 Å². The highest BCUT2D eigenvalue weighted by molar-refractivity contribution is 6.10. The molecule has 136 valence electrons. The van der Waals surface area contributed by atoms with Gasteiger partial charge >= 0.3 is 12.1 Å². The van der Waals surface area contributed by atoms with Gasteiger partial charge in [-0.1, -0.05) is 36.4 Å². The summed E-state index contributed by atoms with van der Waals surface area (Å²) in [4.78, 5) is 38.9. The number of hydrogen-bond acceptors (Lipinski definition) is 5. The highest BCUT2D eigenvalue weighted by atomic mass is 16.6. The average molecular weight is 355 g/mol. The summed E-state index contributed by atoms with van der Waals surface area (Å²) in [6.45, 7) is 3.63. The van der Waals surface area contributed by atoms with Crippen LogP contribution in [0.5, 0.6) is 0 Å². The normalized spacial score (nSPS) is 25.9. The summed E-state index contributed by atoms with van der Waals surface area (Å²) < 4.78 is 10.4. The van der Waals surface area contributed by atoms with Gasteiger partial charge in [0, 0.05) is 18.0 Å². The van der Waals surface area contributed by atoms with E-state index in [4.69, 9.17) is 9.47 Å². The second-order valence-electron chi connectivity index (χ2n) is 6.53. The van der Waals surface area contributed by atoms with Crippen LogP contribution in [0.1, 0.15) is 19.4 Å². The summed E-state index contributed by atoms with van der Waals surface area (Å²) in [5.41, 5.74) is 0.769. The lowest BCUT2D eigenvalue weighted by Crippen LogP contribution is -2.55. The zero-order chi connectivity index (χ0) is 18.9. The Morgan fingerprint density at radius 1 is 1.31 bits per heavy atom. The lowest BCUT2D eigenvalue weighted by molar-refractivity contribution is -0.153. The van der Waals surface area contributed by atoms with E-state index in [0.717, 1.165) is 11.1 Å². The van der Waals surface area contributed by atoms with Crippen molar-refractivity contribution in [2.24, 2.45) is 5.92 Å². The molecular weight excluding hydrogens is 334 g/mol. The number of esters is 1. The second kappa shape index (κ2) is 6.78. The third kappa shape index (κ3) is 2.71. The molecule has 0 aromatic heterocycles.